The van der Waals surface area contributed by atoms with E-state index in [1.165, 1.54) is 6.07 Å². The van der Waals surface area contributed by atoms with Crippen molar-refractivity contribution in [3.8, 4) is 17.4 Å². The maximum absolute atomic E-state index is 12.7. The summed E-state index contributed by atoms with van der Waals surface area (Å²) in [5.74, 6) is 1.49. The van der Waals surface area contributed by atoms with Crippen molar-refractivity contribution < 1.29 is 22.6 Å². The largest absolute Gasteiger partial charge is 0.493 e. The smallest absolute Gasteiger partial charge is 0.417 e. The average Bonchev–Trinajstić information content (AvgIpc) is 2.68. The Kier molecular flexibility index (Phi) is 4.92. The Morgan fingerprint density at radius 3 is 2.67 bits per heavy atom. The van der Waals surface area contributed by atoms with Gasteiger partial charge in [0.2, 0.25) is 5.88 Å². The van der Waals surface area contributed by atoms with Gasteiger partial charge in [-0.3, -0.25) is 4.90 Å². The SMILES string of the molecule is FC(F)(F)c1ccc(Oc2ccc3c(c2)C(N2CCNCC2)CCO3)nc1. The molecule has 0 spiro atoms. The average molecular weight is 379 g/mol. The van der Waals surface area contributed by atoms with Crippen molar-refractivity contribution in [3.63, 3.8) is 0 Å². The molecule has 8 heteroatoms. The normalized spacial score (nSPS) is 20.6. The maximum Gasteiger partial charge on any atom is 0.417 e. The summed E-state index contributed by atoms with van der Waals surface area (Å²) in [4.78, 5) is 6.20. The zero-order valence-corrected chi connectivity index (χ0v) is 14.6. The molecule has 1 aromatic heterocycles. The van der Waals surface area contributed by atoms with Crippen LogP contribution in [0.4, 0.5) is 13.2 Å². The van der Waals surface area contributed by atoms with Crippen LogP contribution in [-0.4, -0.2) is 42.7 Å². The van der Waals surface area contributed by atoms with Gasteiger partial charge in [0.25, 0.3) is 0 Å². The number of hydrogen-bond donors (Lipinski definition) is 1. The Labute approximate surface area is 155 Å². The third-order valence-corrected chi connectivity index (χ3v) is 4.87. The molecule has 144 valence electrons. The summed E-state index contributed by atoms with van der Waals surface area (Å²) in [5, 5.41) is 3.35. The molecule has 1 saturated heterocycles. The van der Waals surface area contributed by atoms with Gasteiger partial charge in [0.1, 0.15) is 11.5 Å². The molecule has 4 rings (SSSR count). The summed E-state index contributed by atoms with van der Waals surface area (Å²) < 4.78 is 49.4. The van der Waals surface area contributed by atoms with E-state index in [0.29, 0.717) is 12.4 Å². The number of benzene rings is 1. The summed E-state index contributed by atoms with van der Waals surface area (Å²) in [6, 6.07) is 7.95. The Bertz CT molecular complexity index is 790. The highest BCUT2D eigenvalue weighted by Gasteiger charge is 2.31. The molecule has 0 bridgehead atoms. The number of nitrogens with one attached hydrogen (secondary N) is 1. The minimum absolute atomic E-state index is 0.124. The molecule has 0 aliphatic carbocycles. The number of alkyl halides is 3. The van der Waals surface area contributed by atoms with Crippen LogP contribution in [0, 0.1) is 0 Å². The molecule has 27 heavy (non-hydrogen) atoms. The van der Waals surface area contributed by atoms with E-state index in [1.807, 2.05) is 12.1 Å². The lowest BCUT2D eigenvalue weighted by molar-refractivity contribution is -0.137. The van der Waals surface area contributed by atoms with Crippen molar-refractivity contribution in [1.29, 1.82) is 0 Å². The Hall–Kier alpha value is -2.32. The van der Waals surface area contributed by atoms with Gasteiger partial charge in [-0.1, -0.05) is 0 Å². The van der Waals surface area contributed by atoms with Gasteiger partial charge in [0, 0.05) is 56.5 Å². The molecule has 1 aromatic carbocycles. The molecule has 1 fully saturated rings. The van der Waals surface area contributed by atoms with E-state index < -0.39 is 11.7 Å². The highest BCUT2D eigenvalue weighted by Crippen LogP contribution is 2.39. The molecule has 1 N–H and O–H groups in total. The van der Waals surface area contributed by atoms with E-state index in [0.717, 1.165) is 56.2 Å². The number of pyridine rings is 1. The molecule has 3 heterocycles. The lowest BCUT2D eigenvalue weighted by Gasteiger charge is -2.38. The molecular weight excluding hydrogens is 359 g/mol. The molecule has 2 aliphatic heterocycles. The summed E-state index contributed by atoms with van der Waals surface area (Å²) >= 11 is 0. The number of rotatable bonds is 3. The van der Waals surface area contributed by atoms with Gasteiger partial charge < -0.3 is 14.8 Å². The summed E-state index contributed by atoms with van der Waals surface area (Å²) in [5.41, 5.74) is 0.250. The first-order valence-corrected chi connectivity index (χ1v) is 8.93. The van der Waals surface area contributed by atoms with E-state index in [2.05, 4.69) is 15.2 Å². The van der Waals surface area contributed by atoms with E-state index in [1.54, 1.807) is 6.07 Å². The number of ether oxygens (including phenoxy) is 2. The van der Waals surface area contributed by atoms with Crippen LogP contribution in [0.5, 0.6) is 17.4 Å². The molecular formula is C19H20F3N3O2. The minimum Gasteiger partial charge on any atom is -0.493 e. The second kappa shape index (κ2) is 7.36. The summed E-state index contributed by atoms with van der Waals surface area (Å²) in [6.07, 6.45) is -2.74. The van der Waals surface area contributed by atoms with Crippen LogP contribution >= 0.6 is 0 Å². The predicted molar refractivity (Wildman–Crippen MR) is 93.1 cm³/mol. The lowest BCUT2D eigenvalue weighted by atomic mass is 9.98. The number of fused-ring (bicyclic) bond motifs is 1. The van der Waals surface area contributed by atoms with Crippen LogP contribution in [0.3, 0.4) is 0 Å². The van der Waals surface area contributed by atoms with Crippen molar-refractivity contribution in [2.45, 2.75) is 18.6 Å². The zero-order chi connectivity index (χ0) is 18.9. The first-order chi connectivity index (χ1) is 13.0. The lowest BCUT2D eigenvalue weighted by Crippen LogP contribution is -2.46. The number of hydrogen-bond acceptors (Lipinski definition) is 5. The molecule has 5 nitrogen and oxygen atoms in total. The highest BCUT2D eigenvalue weighted by molar-refractivity contribution is 5.44. The highest BCUT2D eigenvalue weighted by atomic mass is 19.4. The van der Waals surface area contributed by atoms with Gasteiger partial charge in [-0.05, 0) is 24.3 Å². The van der Waals surface area contributed by atoms with Crippen molar-refractivity contribution >= 4 is 0 Å². The molecule has 2 aliphatic rings. The molecule has 1 atom stereocenters. The van der Waals surface area contributed by atoms with Crippen LogP contribution in [0.2, 0.25) is 0 Å². The quantitative estimate of drug-likeness (QED) is 0.883. The molecule has 0 saturated carbocycles. The molecule has 2 aromatic rings. The fourth-order valence-corrected chi connectivity index (χ4v) is 3.52. The van der Waals surface area contributed by atoms with E-state index in [4.69, 9.17) is 9.47 Å². The number of aromatic nitrogens is 1. The Morgan fingerprint density at radius 1 is 1.15 bits per heavy atom. The maximum atomic E-state index is 12.7. The fraction of sp³-hybridized carbons (Fsp3) is 0.421. The van der Waals surface area contributed by atoms with Crippen LogP contribution in [0.1, 0.15) is 23.6 Å². The monoisotopic (exact) mass is 379 g/mol. The topological polar surface area (TPSA) is 46.6 Å². The number of piperazine rings is 1. The first kappa shape index (κ1) is 18.1. The van der Waals surface area contributed by atoms with Gasteiger partial charge in [0.05, 0.1) is 12.2 Å². The third kappa shape index (κ3) is 4.01. The van der Waals surface area contributed by atoms with Gasteiger partial charge in [-0.15, -0.1) is 0 Å². The van der Waals surface area contributed by atoms with Crippen LogP contribution in [-0.2, 0) is 6.18 Å². The number of halogens is 3. The summed E-state index contributed by atoms with van der Waals surface area (Å²) in [7, 11) is 0. The van der Waals surface area contributed by atoms with E-state index in [-0.39, 0.29) is 11.9 Å². The predicted octanol–water partition coefficient (Wildman–Crippen LogP) is 3.62. The zero-order valence-electron chi connectivity index (χ0n) is 14.6. The van der Waals surface area contributed by atoms with Crippen LogP contribution in [0.25, 0.3) is 0 Å². The van der Waals surface area contributed by atoms with Crippen molar-refractivity contribution in [3.05, 3.63) is 47.7 Å². The van der Waals surface area contributed by atoms with Gasteiger partial charge in [-0.2, -0.15) is 13.2 Å². The first-order valence-electron chi connectivity index (χ1n) is 8.93. The van der Waals surface area contributed by atoms with Gasteiger partial charge in [0.15, 0.2) is 0 Å². The summed E-state index contributed by atoms with van der Waals surface area (Å²) in [6.45, 7) is 4.52. The second-order valence-electron chi connectivity index (χ2n) is 6.62. The Balaban J connectivity index is 1.54. The van der Waals surface area contributed by atoms with Crippen LogP contribution in [0.15, 0.2) is 36.5 Å². The van der Waals surface area contributed by atoms with Crippen molar-refractivity contribution in [2.75, 3.05) is 32.8 Å². The Morgan fingerprint density at radius 2 is 1.96 bits per heavy atom. The standard InChI is InChI=1S/C19H20F3N3O2/c20-19(21,22)13-1-4-18(24-12-13)27-14-2-3-17-15(11-14)16(5-10-26-17)25-8-6-23-7-9-25/h1-4,11-12,16,23H,5-10H2. The van der Waals surface area contributed by atoms with Gasteiger partial charge >= 0.3 is 6.18 Å². The number of nitrogens with zero attached hydrogens (tertiary/aromatic N) is 2. The molecule has 1 unspecified atom stereocenters. The van der Waals surface area contributed by atoms with Crippen molar-refractivity contribution in [2.24, 2.45) is 0 Å². The second-order valence-corrected chi connectivity index (χ2v) is 6.62. The van der Waals surface area contributed by atoms with E-state index >= 15 is 0 Å². The van der Waals surface area contributed by atoms with Crippen LogP contribution < -0.4 is 14.8 Å². The molecule has 0 radical (unpaired) electrons. The third-order valence-electron chi connectivity index (χ3n) is 4.87. The van der Waals surface area contributed by atoms with Gasteiger partial charge in [-0.25, -0.2) is 4.98 Å². The minimum atomic E-state index is -4.41. The van der Waals surface area contributed by atoms with E-state index in [9.17, 15) is 13.2 Å². The molecule has 0 amide bonds. The van der Waals surface area contributed by atoms with Crippen molar-refractivity contribution in [1.82, 2.24) is 15.2 Å². The fourth-order valence-electron chi connectivity index (χ4n) is 3.52.